The van der Waals surface area contributed by atoms with Gasteiger partial charge in [0.05, 0.1) is 0 Å². The first-order valence-corrected chi connectivity index (χ1v) is 5.88. The third-order valence-corrected chi connectivity index (χ3v) is 2.94. The van der Waals surface area contributed by atoms with E-state index < -0.39 is 0 Å². The molecule has 16 heavy (non-hydrogen) atoms. The van der Waals surface area contributed by atoms with Crippen molar-refractivity contribution in [1.82, 2.24) is 5.32 Å². The van der Waals surface area contributed by atoms with Gasteiger partial charge in [0.2, 0.25) is 0 Å². The van der Waals surface area contributed by atoms with Crippen molar-refractivity contribution in [2.45, 2.75) is 38.3 Å². The van der Waals surface area contributed by atoms with Crippen LogP contribution in [-0.4, -0.2) is 18.7 Å². The van der Waals surface area contributed by atoms with Crippen LogP contribution in [0.2, 0.25) is 0 Å². The monoisotopic (exact) mass is 223 g/mol. The average molecular weight is 223 g/mol. The van der Waals surface area contributed by atoms with Gasteiger partial charge in [-0.05, 0) is 44.0 Å². The second-order valence-corrected chi connectivity index (χ2v) is 4.46. The van der Waals surface area contributed by atoms with Gasteiger partial charge < -0.3 is 10.1 Å². The van der Waals surface area contributed by atoms with Gasteiger partial charge in [0, 0.05) is 12.1 Å². The molecule has 1 atom stereocenters. The molecule has 1 aromatic carbocycles. The first-order chi connectivity index (χ1) is 7.74. The summed E-state index contributed by atoms with van der Waals surface area (Å²) >= 11 is 0. The summed E-state index contributed by atoms with van der Waals surface area (Å²) in [4.78, 5) is 0. The molecule has 0 aliphatic heterocycles. The molecule has 1 aromatic rings. The van der Waals surface area contributed by atoms with Crippen molar-refractivity contribution in [2.75, 3.05) is 6.61 Å². The Morgan fingerprint density at radius 2 is 2.06 bits per heavy atom. The Morgan fingerprint density at radius 1 is 1.38 bits per heavy atom. The lowest BCUT2D eigenvalue weighted by atomic mass is 9.92. The molecule has 1 unspecified atom stereocenters. The van der Waals surface area contributed by atoms with Gasteiger partial charge >= 0.3 is 0 Å². The molecule has 1 aliphatic carbocycles. The van der Waals surface area contributed by atoms with Crippen molar-refractivity contribution in [3.63, 3.8) is 0 Å². The zero-order valence-electron chi connectivity index (χ0n) is 9.58. The normalized spacial score (nSPS) is 17.9. The van der Waals surface area contributed by atoms with Crippen molar-refractivity contribution >= 4 is 0 Å². The molecule has 0 bridgehead atoms. The number of benzene rings is 1. The van der Waals surface area contributed by atoms with Crippen LogP contribution in [-0.2, 0) is 0 Å². The van der Waals surface area contributed by atoms with Crippen LogP contribution in [0.1, 0.15) is 26.2 Å². The van der Waals surface area contributed by atoms with Crippen LogP contribution in [0, 0.1) is 5.82 Å². The first kappa shape index (κ1) is 11.4. The summed E-state index contributed by atoms with van der Waals surface area (Å²) in [5, 5.41) is 3.50. The summed E-state index contributed by atoms with van der Waals surface area (Å²) in [6.07, 6.45) is 3.89. The zero-order chi connectivity index (χ0) is 11.4. The Labute approximate surface area is 95.8 Å². The van der Waals surface area contributed by atoms with Gasteiger partial charge in [-0.25, -0.2) is 4.39 Å². The highest BCUT2D eigenvalue weighted by Gasteiger charge is 2.18. The Bertz CT molecular complexity index is 321. The molecule has 2 nitrogen and oxygen atoms in total. The van der Waals surface area contributed by atoms with Crippen LogP contribution in [0.25, 0.3) is 0 Å². The Kier molecular flexibility index (Phi) is 3.78. The van der Waals surface area contributed by atoms with Crippen molar-refractivity contribution in [2.24, 2.45) is 0 Å². The maximum Gasteiger partial charge on any atom is 0.123 e. The van der Waals surface area contributed by atoms with E-state index >= 15 is 0 Å². The summed E-state index contributed by atoms with van der Waals surface area (Å²) in [5.41, 5.74) is 0. The maximum atomic E-state index is 12.6. The van der Waals surface area contributed by atoms with E-state index in [-0.39, 0.29) is 5.82 Å². The molecule has 0 saturated heterocycles. The highest BCUT2D eigenvalue weighted by Crippen LogP contribution is 2.18. The molecule has 0 aromatic heterocycles. The van der Waals surface area contributed by atoms with E-state index in [1.165, 1.54) is 31.4 Å². The van der Waals surface area contributed by atoms with Crippen LogP contribution in [0.3, 0.4) is 0 Å². The number of hydrogen-bond donors (Lipinski definition) is 1. The van der Waals surface area contributed by atoms with E-state index in [1.807, 2.05) is 0 Å². The topological polar surface area (TPSA) is 21.3 Å². The molecular weight excluding hydrogens is 205 g/mol. The SMILES string of the molecule is CC(COc1ccc(F)cc1)NC1CCC1. The Balaban J connectivity index is 1.71. The highest BCUT2D eigenvalue weighted by molar-refractivity contribution is 5.22. The molecule has 0 heterocycles. The third-order valence-electron chi connectivity index (χ3n) is 2.94. The van der Waals surface area contributed by atoms with E-state index in [1.54, 1.807) is 12.1 Å². The average Bonchev–Trinajstić information content (AvgIpc) is 2.23. The van der Waals surface area contributed by atoms with E-state index in [0.717, 1.165) is 5.75 Å². The quantitative estimate of drug-likeness (QED) is 0.828. The van der Waals surface area contributed by atoms with Crippen LogP contribution in [0.5, 0.6) is 5.75 Å². The smallest absolute Gasteiger partial charge is 0.123 e. The largest absolute Gasteiger partial charge is 0.492 e. The third kappa shape index (κ3) is 3.20. The lowest BCUT2D eigenvalue weighted by Gasteiger charge is -2.29. The first-order valence-electron chi connectivity index (χ1n) is 5.88. The lowest BCUT2D eigenvalue weighted by Crippen LogP contribution is -2.43. The Morgan fingerprint density at radius 3 is 2.62 bits per heavy atom. The van der Waals surface area contributed by atoms with E-state index in [9.17, 15) is 4.39 Å². The van der Waals surface area contributed by atoms with Gasteiger partial charge in [0.25, 0.3) is 0 Å². The van der Waals surface area contributed by atoms with Crippen LogP contribution < -0.4 is 10.1 Å². The molecule has 1 fully saturated rings. The molecule has 3 heteroatoms. The van der Waals surface area contributed by atoms with Gasteiger partial charge in [-0.2, -0.15) is 0 Å². The lowest BCUT2D eigenvalue weighted by molar-refractivity contribution is 0.232. The molecule has 1 N–H and O–H groups in total. The Hall–Kier alpha value is -1.09. The van der Waals surface area contributed by atoms with Crippen LogP contribution >= 0.6 is 0 Å². The molecule has 88 valence electrons. The van der Waals surface area contributed by atoms with Crippen molar-refractivity contribution in [1.29, 1.82) is 0 Å². The molecule has 0 spiro atoms. The van der Waals surface area contributed by atoms with Crippen molar-refractivity contribution < 1.29 is 9.13 Å². The number of ether oxygens (including phenoxy) is 1. The molecule has 0 radical (unpaired) electrons. The number of rotatable bonds is 5. The fourth-order valence-electron chi connectivity index (χ4n) is 1.78. The summed E-state index contributed by atoms with van der Waals surface area (Å²) in [5.74, 6) is 0.497. The van der Waals surface area contributed by atoms with Crippen molar-refractivity contribution in [3.8, 4) is 5.75 Å². The van der Waals surface area contributed by atoms with Gasteiger partial charge in [0.1, 0.15) is 18.2 Å². The van der Waals surface area contributed by atoms with Gasteiger partial charge in [-0.1, -0.05) is 6.42 Å². The fraction of sp³-hybridized carbons (Fsp3) is 0.538. The van der Waals surface area contributed by atoms with Crippen LogP contribution in [0.4, 0.5) is 4.39 Å². The summed E-state index contributed by atoms with van der Waals surface area (Å²) in [6.45, 7) is 2.74. The molecule has 0 amide bonds. The van der Waals surface area contributed by atoms with E-state index in [4.69, 9.17) is 4.74 Å². The van der Waals surface area contributed by atoms with Crippen molar-refractivity contribution in [3.05, 3.63) is 30.1 Å². The van der Waals surface area contributed by atoms with Gasteiger partial charge in [-0.3, -0.25) is 0 Å². The zero-order valence-corrected chi connectivity index (χ0v) is 9.58. The number of hydrogen-bond acceptors (Lipinski definition) is 2. The molecular formula is C13H18FNO. The minimum Gasteiger partial charge on any atom is -0.492 e. The fourth-order valence-corrected chi connectivity index (χ4v) is 1.78. The molecule has 1 saturated carbocycles. The summed E-state index contributed by atoms with van der Waals surface area (Å²) in [6, 6.07) is 7.16. The number of nitrogens with one attached hydrogen (secondary N) is 1. The minimum atomic E-state index is -0.229. The minimum absolute atomic E-state index is 0.229. The van der Waals surface area contributed by atoms with Gasteiger partial charge in [-0.15, -0.1) is 0 Å². The highest BCUT2D eigenvalue weighted by atomic mass is 19.1. The second-order valence-electron chi connectivity index (χ2n) is 4.46. The second kappa shape index (κ2) is 5.30. The number of halogens is 1. The van der Waals surface area contributed by atoms with Crippen LogP contribution in [0.15, 0.2) is 24.3 Å². The predicted octanol–water partition coefficient (Wildman–Crippen LogP) is 2.74. The molecule has 2 rings (SSSR count). The van der Waals surface area contributed by atoms with E-state index in [2.05, 4.69) is 12.2 Å². The summed E-state index contributed by atoms with van der Waals surface area (Å²) in [7, 11) is 0. The van der Waals surface area contributed by atoms with E-state index in [0.29, 0.717) is 18.7 Å². The standard InChI is InChI=1S/C13H18FNO/c1-10(15-12-3-2-4-12)9-16-13-7-5-11(14)6-8-13/h5-8,10,12,15H,2-4,9H2,1H3. The summed E-state index contributed by atoms with van der Waals surface area (Å²) < 4.78 is 18.2. The maximum absolute atomic E-state index is 12.6. The predicted molar refractivity (Wildman–Crippen MR) is 62.1 cm³/mol. The molecule has 1 aliphatic rings. The van der Waals surface area contributed by atoms with Gasteiger partial charge in [0.15, 0.2) is 0 Å².